The lowest BCUT2D eigenvalue weighted by molar-refractivity contribution is -0.916. The number of quaternary nitrogens is 1. The Balaban J connectivity index is 2.02. The second-order valence-corrected chi connectivity index (χ2v) is 6.79. The fourth-order valence-corrected chi connectivity index (χ4v) is 3.38. The normalized spacial score (nSPS) is 16.9. The average molecular weight is 318 g/mol. The number of hydrogen-bond acceptors (Lipinski definition) is 2. The second-order valence-electron chi connectivity index (χ2n) is 6.79. The van der Waals surface area contributed by atoms with E-state index in [0.717, 1.165) is 12.8 Å². The fraction of sp³-hybridized carbons (Fsp3) is 0.556. The number of likely N-dealkylation sites (N-methyl/N-ethyl adjacent to an activating group) is 1. The highest BCUT2D eigenvalue weighted by atomic mass is 16.2. The predicted molar refractivity (Wildman–Crippen MR) is 91.7 cm³/mol. The van der Waals surface area contributed by atoms with Crippen molar-refractivity contribution in [3.05, 3.63) is 29.8 Å². The van der Waals surface area contributed by atoms with Crippen LogP contribution in [0.15, 0.2) is 24.3 Å². The molecule has 2 rings (SSSR count). The Morgan fingerprint density at radius 1 is 1.17 bits per heavy atom. The summed E-state index contributed by atoms with van der Waals surface area (Å²) in [5.74, 6) is -0.219. The van der Waals surface area contributed by atoms with Crippen molar-refractivity contribution < 1.29 is 14.5 Å². The number of carbonyl (C=O) groups excluding carboxylic acids is 2. The molecule has 0 saturated heterocycles. The lowest BCUT2D eigenvalue weighted by Crippen LogP contribution is -3.16. The zero-order valence-electron chi connectivity index (χ0n) is 14.4. The van der Waals surface area contributed by atoms with Gasteiger partial charge in [0.15, 0.2) is 0 Å². The summed E-state index contributed by atoms with van der Waals surface area (Å²) >= 11 is 0. The molecule has 3 N–H and O–H groups in total. The Labute approximate surface area is 138 Å². The predicted octanol–water partition coefficient (Wildman–Crippen LogP) is 1.22. The monoisotopic (exact) mass is 318 g/mol. The number of nitrogens with one attached hydrogen (secondary N) is 3. The molecule has 0 aromatic heterocycles. The zero-order valence-corrected chi connectivity index (χ0v) is 14.4. The molecule has 0 aliphatic heterocycles. The van der Waals surface area contributed by atoms with Crippen molar-refractivity contribution in [3.63, 3.8) is 0 Å². The van der Waals surface area contributed by atoms with Crippen molar-refractivity contribution in [1.82, 2.24) is 5.32 Å². The second kappa shape index (κ2) is 7.59. The first-order chi connectivity index (χ1) is 10.9. The molecule has 126 valence electrons. The molecule has 0 heterocycles. The number of benzene rings is 1. The minimum Gasteiger partial charge on any atom is -0.346 e. The fourth-order valence-electron chi connectivity index (χ4n) is 3.38. The van der Waals surface area contributed by atoms with Crippen molar-refractivity contribution in [1.29, 1.82) is 0 Å². The molecule has 1 saturated carbocycles. The molecule has 0 radical (unpaired) electrons. The van der Waals surface area contributed by atoms with E-state index in [1.165, 1.54) is 31.1 Å². The quantitative estimate of drug-likeness (QED) is 0.764. The summed E-state index contributed by atoms with van der Waals surface area (Å²) in [6.45, 7) is 2.15. The molecule has 1 aliphatic carbocycles. The summed E-state index contributed by atoms with van der Waals surface area (Å²) in [7, 11) is 4.35. The van der Waals surface area contributed by atoms with Crippen LogP contribution in [0.4, 0.5) is 5.69 Å². The zero-order chi connectivity index (χ0) is 16.9. The third-order valence-electron chi connectivity index (χ3n) is 4.90. The van der Waals surface area contributed by atoms with E-state index < -0.39 is 0 Å². The van der Waals surface area contributed by atoms with Crippen molar-refractivity contribution in [3.8, 4) is 0 Å². The molecular formula is C18H28N3O2+. The van der Waals surface area contributed by atoms with Crippen LogP contribution in [0, 0.1) is 0 Å². The molecule has 1 fully saturated rings. The van der Waals surface area contributed by atoms with E-state index in [9.17, 15) is 9.59 Å². The van der Waals surface area contributed by atoms with Crippen LogP contribution in [-0.2, 0) is 4.79 Å². The van der Waals surface area contributed by atoms with Crippen LogP contribution in [0.25, 0.3) is 0 Å². The van der Waals surface area contributed by atoms with Crippen LogP contribution in [0.5, 0.6) is 0 Å². The van der Waals surface area contributed by atoms with Crippen LogP contribution >= 0.6 is 0 Å². The van der Waals surface area contributed by atoms with Gasteiger partial charge in [-0.2, -0.15) is 0 Å². The van der Waals surface area contributed by atoms with Crippen LogP contribution < -0.4 is 15.5 Å². The first kappa shape index (κ1) is 17.5. The molecular weight excluding hydrogens is 290 g/mol. The van der Waals surface area contributed by atoms with Gasteiger partial charge in [0.1, 0.15) is 5.54 Å². The molecule has 5 heteroatoms. The molecule has 0 atom stereocenters. The maximum atomic E-state index is 12.5. The minimum absolute atomic E-state index is 0.0802. The number of hydrogen-bond donors (Lipinski definition) is 3. The highest BCUT2D eigenvalue weighted by Gasteiger charge is 2.38. The van der Waals surface area contributed by atoms with Gasteiger partial charge < -0.3 is 15.5 Å². The maximum absolute atomic E-state index is 12.5. The smallest absolute Gasteiger partial charge is 0.251 e. The summed E-state index contributed by atoms with van der Waals surface area (Å²) in [5, 5.41) is 5.81. The van der Waals surface area contributed by atoms with Gasteiger partial charge in [-0.3, -0.25) is 9.59 Å². The number of rotatable bonds is 5. The van der Waals surface area contributed by atoms with E-state index in [1.54, 1.807) is 24.3 Å². The van der Waals surface area contributed by atoms with E-state index in [0.29, 0.717) is 17.8 Å². The van der Waals surface area contributed by atoms with E-state index in [2.05, 4.69) is 24.7 Å². The first-order valence-electron chi connectivity index (χ1n) is 8.39. The van der Waals surface area contributed by atoms with Gasteiger partial charge in [-0.1, -0.05) is 12.5 Å². The molecule has 23 heavy (non-hydrogen) atoms. The number of amides is 2. The summed E-state index contributed by atoms with van der Waals surface area (Å²) in [6, 6.07) is 7.06. The van der Waals surface area contributed by atoms with Crippen LogP contribution in [0.3, 0.4) is 0 Å². The minimum atomic E-state index is -0.139. The van der Waals surface area contributed by atoms with Gasteiger partial charge >= 0.3 is 0 Å². The van der Waals surface area contributed by atoms with E-state index in [1.807, 2.05) is 0 Å². The van der Waals surface area contributed by atoms with Crippen molar-refractivity contribution in [2.75, 3.05) is 26.0 Å². The molecule has 1 aromatic rings. The Hall–Kier alpha value is -1.88. The number of carbonyl (C=O) groups is 2. The van der Waals surface area contributed by atoms with E-state index >= 15 is 0 Å². The van der Waals surface area contributed by atoms with Gasteiger partial charge in [0.25, 0.3) is 5.91 Å². The lowest BCUT2D eigenvalue weighted by Gasteiger charge is -2.39. The Morgan fingerprint density at radius 2 is 1.87 bits per heavy atom. The average Bonchev–Trinajstić information content (AvgIpc) is 2.53. The molecule has 0 unspecified atom stereocenters. The van der Waals surface area contributed by atoms with Gasteiger partial charge in [0.2, 0.25) is 5.91 Å². The molecule has 0 bridgehead atoms. The number of anilines is 1. The topological polar surface area (TPSA) is 62.6 Å². The van der Waals surface area contributed by atoms with Gasteiger partial charge in [-0.25, -0.2) is 0 Å². The van der Waals surface area contributed by atoms with Crippen molar-refractivity contribution >= 4 is 17.5 Å². The highest BCUT2D eigenvalue weighted by molar-refractivity contribution is 5.96. The molecule has 0 spiro atoms. The Bertz CT molecular complexity index is 563. The summed E-state index contributed by atoms with van der Waals surface area (Å²) < 4.78 is 0. The Morgan fingerprint density at radius 3 is 2.48 bits per heavy atom. The summed E-state index contributed by atoms with van der Waals surface area (Å²) in [4.78, 5) is 25.0. The molecule has 2 amide bonds. The first-order valence-corrected chi connectivity index (χ1v) is 8.39. The summed E-state index contributed by atoms with van der Waals surface area (Å²) in [6.07, 6.45) is 6.07. The maximum Gasteiger partial charge on any atom is 0.251 e. The molecule has 1 aliphatic rings. The standard InChI is InChI=1S/C18H27N3O2/c1-14(22)20-16-9-7-8-15(12-16)17(23)19-13-18(21(2)3)10-5-4-6-11-18/h7-9,12H,4-6,10-11,13H2,1-3H3,(H,19,23)(H,20,22)/p+1. The Kier molecular flexibility index (Phi) is 5.77. The van der Waals surface area contributed by atoms with Gasteiger partial charge in [-0.15, -0.1) is 0 Å². The van der Waals surface area contributed by atoms with E-state index in [-0.39, 0.29) is 17.4 Å². The van der Waals surface area contributed by atoms with Crippen molar-refractivity contribution in [2.45, 2.75) is 44.6 Å². The molecule has 1 aromatic carbocycles. The SMILES string of the molecule is CC(=O)Nc1cccc(C(=O)NCC2([NH+](C)C)CCCCC2)c1. The van der Waals surface area contributed by atoms with Crippen LogP contribution in [0.1, 0.15) is 49.4 Å². The lowest BCUT2D eigenvalue weighted by atomic mass is 9.80. The van der Waals surface area contributed by atoms with Crippen LogP contribution in [-0.4, -0.2) is 38.0 Å². The van der Waals surface area contributed by atoms with Gasteiger partial charge in [0, 0.05) is 31.0 Å². The van der Waals surface area contributed by atoms with Crippen molar-refractivity contribution in [2.24, 2.45) is 0 Å². The van der Waals surface area contributed by atoms with E-state index in [4.69, 9.17) is 0 Å². The third kappa shape index (κ3) is 4.55. The largest absolute Gasteiger partial charge is 0.346 e. The van der Waals surface area contributed by atoms with Gasteiger partial charge in [-0.05, 0) is 31.0 Å². The third-order valence-corrected chi connectivity index (χ3v) is 4.90. The van der Waals surface area contributed by atoms with Crippen LogP contribution in [0.2, 0.25) is 0 Å². The summed E-state index contributed by atoms with van der Waals surface area (Å²) in [5.41, 5.74) is 1.37. The van der Waals surface area contributed by atoms with Gasteiger partial charge in [0.05, 0.1) is 20.6 Å². The highest BCUT2D eigenvalue weighted by Crippen LogP contribution is 2.25. The molecule has 5 nitrogen and oxygen atoms in total.